The van der Waals surface area contributed by atoms with E-state index in [0.29, 0.717) is 0 Å². The number of aromatic nitrogens is 1. The predicted octanol–water partition coefficient (Wildman–Crippen LogP) is 3.98. The average molecular weight is 254 g/mol. The van der Waals surface area contributed by atoms with E-state index in [1.807, 2.05) is 18.5 Å². The van der Waals surface area contributed by atoms with Crippen molar-refractivity contribution in [3.8, 4) is 11.1 Å². The molecule has 0 saturated carbocycles. The Labute approximate surface area is 116 Å². The minimum Gasteiger partial charge on any atom is -0.297 e. The lowest BCUT2D eigenvalue weighted by atomic mass is 9.99. The van der Waals surface area contributed by atoms with E-state index in [0.717, 1.165) is 6.54 Å². The van der Waals surface area contributed by atoms with E-state index in [9.17, 15) is 0 Å². The highest BCUT2D eigenvalue weighted by molar-refractivity contribution is 5.66. The predicted molar refractivity (Wildman–Crippen MR) is 80.9 cm³/mol. The first-order valence-corrected chi connectivity index (χ1v) is 6.68. The molecule has 0 aliphatic carbocycles. The molecule has 0 amide bonds. The molecular weight excluding hydrogens is 232 g/mol. The maximum atomic E-state index is 4.22. The number of pyridine rings is 1. The standard InChI is InChI=1S/C17H22N2/c1-17(2,3)19(4)13-15-8-5-6-10-16(15)14-9-7-11-18-12-14/h5-12H,13H2,1-4H3. The zero-order valence-electron chi connectivity index (χ0n) is 12.2. The molecule has 2 aromatic rings. The molecule has 0 radical (unpaired) electrons. The van der Waals surface area contributed by atoms with Crippen molar-refractivity contribution in [2.45, 2.75) is 32.9 Å². The van der Waals surface area contributed by atoms with Crippen LogP contribution in [-0.4, -0.2) is 22.5 Å². The largest absolute Gasteiger partial charge is 0.297 e. The first-order valence-electron chi connectivity index (χ1n) is 6.68. The summed E-state index contributed by atoms with van der Waals surface area (Å²) in [6.45, 7) is 7.65. The van der Waals surface area contributed by atoms with E-state index in [-0.39, 0.29) is 5.54 Å². The van der Waals surface area contributed by atoms with Gasteiger partial charge in [0, 0.05) is 30.0 Å². The van der Waals surface area contributed by atoms with Crippen molar-refractivity contribution < 1.29 is 0 Å². The topological polar surface area (TPSA) is 16.1 Å². The highest BCUT2D eigenvalue weighted by Crippen LogP contribution is 2.25. The van der Waals surface area contributed by atoms with Crippen LogP contribution in [0.15, 0.2) is 48.8 Å². The highest BCUT2D eigenvalue weighted by Gasteiger charge is 2.18. The van der Waals surface area contributed by atoms with Crippen LogP contribution in [0.1, 0.15) is 26.3 Å². The molecule has 0 aliphatic heterocycles. The van der Waals surface area contributed by atoms with Crippen LogP contribution in [0.25, 0.3) is 11.1 Å². The minimum absolute atomic E-state index is 0.169. The van der Waals surface area contributed by atoms with Gasteiger partial charge in [0.15, 0.2) is 0 Å². The normalized spacial score (nSPS) is 11.8. The van der Waals surface area contributed by atoms with Gasteiger partial charge in [-0.2, -0.15) is 0 Å². The fraction of sp³-hybridized carbons (Fsp3) is 0.353. The first-order chi connectivity index (χ1) is 8.98. The number of rotatable bonds is 3. The third kappa shape index (κ3) is 3.42. The maximum Gasteiger partial charge on any atom is 0.0346 e. The van der Waals surface area contributed by atoms with Crippen molar-refractivity contribution in [2.75, 3.05) is 7.05 Å². The summed E-state index contributed by atoms with van der Waals surface area (Å²) in [5.41, 5.74) is 3.96. The Morgan fingerprint density at radius 3 is 2.42 bits per heavy atom. The van der Waals surface area contributed by atoms with Gasteiger partial charge in [-0.3, -0.25) is 9.88 Å². The van der Waals surface area contributed by atoms with E-state index in [4.69, 9.17) is 0 Å². The van der Waals surface area contributed by atoms with Crippen molar-refractivity contribution in [3.63, 3.8) is 0 Å². The molecule has 0 spiro atoms. The fourth-order valence-electron chi connectivity index (χ4n) is 1.95. The van der Waals surface area contributed by atoms with E-state index >= 15 is 0 Å². The molecule has 0 fully saturated rings. The summed E-state index contributed by atoms with van der Waals surface area (Å²) in [5, 5.41) is 0. The smallest absolute Gasteiger partial charge is 0.0346 e. The first kappa shape index (κ1) is 13.8. The van der Waals surface area contributed by atoms with Gasteiger partial charge in [-0.1, -0.05) is 30.3 Å². The molecular formula is C17H22N2. The van der Waals surface area contributed by atoms with Gasteiger partial charge >= 0.3 is 0 Å². The van der Waals surface area contributed by atoms with Gasteiger partial charge in [0.2, 0.25) is 0 Å². The molecule has 100 valence electrons. The van der Waals surface area contributed by atoms with E-state index in [1.165, 1.54) is 16.7 Å². The molecule has 1 heterocycles. The molecule has 2 heteroatoms. The number of benzene rings is 1. The fourth-order valence-corrected chi connectivity index (χ4v) is 1.95. The maximum absolute atomic E-state index is 4.22. The molecule has 0 aliphatic rings. The Bertz CT molecular complexity index is 526. The van der Waals surface area contributed by atoms with Gasteiger partial charge in [-0.05, 0) is 45.0 Å². The van der Waals surface area contributed by atoms with E-state index in [2.05, 4.69) is 68.0 Å². The van der Waals surface area contributed by atoms with Crippen LogP contribution >= 0.6 is 0 Å². The average Bonchev–Trinajstić information content (AvgIpc) is 2.39. The quantitative estimate of drug-likeness (QED) is 0.823. The molecule has 2 rings (SSSR count). The van der Waals surface area contributed by atoms with Gasteiger partial charge in [-0.15, -0.1) is 0 Å². The Hall–Kier alpha value is -1.67. The zero-order chi connectivity index (χ0) is 13.9. The summed E-state index contributed by atoms with van der Waals surface area (Å²) in [7, 11) is 2.17. The van der Waals surface area contributed by atoms with Crippen LogP contribution in [0, 0.1) is 0 Å². The summed E-state index contributed by atoms with van der Waals surface area (Å²) in [5.74, 6) is 0. The van der Waals surface area contributed by atoms with Crippen molar-refractivity contribution in [1.29, 1.82) is 0 Å². The second kappa shape index (κ2) is 5.54. The third-order valence-corrected chi connectivity index (χ3v) is 3.54. The van der Waals surface area contributed by atoms with Crippen LogP contribution in [0.3, 0.4) is 0 Å². The number of hydrogen-bond donors (Lipinski definition) is 0. The van der Waals surface area contributed by atoms with Gasteiger partial charge in [0.1, 0.15) is 0 Å². The lowest BCUT2D eigenvalue weighted by molar-refractivity contribution is 0.167. The summed E-state index contributed by atoms with van der Waals surface area (Å²) in [6, 6.07) is 12.7. The van der Waals surface area contributed by atoms with Crippen LogP contribution in [-0.2, 0) is 6.54 Å². The lowest BCUT2D eigenvalue weighted by Gasteiger charge is -2.32. The van der Waals surface area contributed by atoms with Crippen LogP contribution in [0.5, 0.6) is 0 Å². The second-order valence-corrected chi connectivity index (χ2v) is 5.93. The molecule has 0 bridgehead atoms. The molecule has 1 aromatic heterocycles. The Morgan fingerprint density at radius 2 is 1.79 bits per heavy atom. The Morgan fingerprint density at radius 1 is 1.05 bits per heavy atom. The van der Waals surface area contributed by atoms with Crippen molar-refractivity contribution in [2.24, 2.45) is 0 Å². The minimum atomic E-state index is 0.169. The summed E-state index contributed by atoms with van der Waals surface area (Å²) < 4.78 is 0. The van der Waals surface area contributed by atoms with Gasteiger partial charge in [0.25, 0.3) is 0 Å². The second-order valence-electron chi connectivity index (χ2n) is 5.93. The Balaban J connectivity index is 2.32. The number of hydrogen-bond acceptors (Lipinski definition) is 2. The molecule has 1 aromatic carbocycles. The van der Waals surface area contributed by atoms with Crippen LogP contribution in [0.4, 0.5) is 0 Å². The van der Waals surface area contributed by atoms with Crippen LogP contribution in [0.2, 0.25) is 0 Å². The van der Waals surface area contributed by atoms with Gasteiger partial charge in [0.05, 0.1) is 0 Å². The monoisotopic (exact) mass is 254 g/mol. The summed E-state index contributed by atoms with van der Waals surface area (Å²) in [6.07, 6.45) is 3.74. The molecule has 0 atom stereocenters. The molecule has 19 heavy (non-hydrogen) atoms. The lowest BCUT2D eigenvalue weighted by Crippen LogP contribution is -2.37. The zero-order valence-corrected chi connectivity index (χ0v) is 12.2. The van der Waals surface area contributed by atoms with Crippen molar-refractivity contribution in [1.82, 2.24) is 9.88 Å². The van der Waals surface area contributed by atoms with Crippen molar-refractivity contribution >= 4 is 0 Å². The van der Waals surface area contributed by atoms with E-state index < -0.39 is 0 Å². The van der Waals surface area contributed by atoms with E-state index in [1.54, 1.807) is 0 Å². The molecule has 0 N–H and O–H groups in total. The molecule has 2 nitrogen and oxygen atoms in total. The van der Waals surface area contributed by atoms with Crippen molar-refractivity contribution in [3.05, 3.63) is 54.4 Å². The number of nitrogens with zero attached hydrogens (tertiary/aromatic N) is 2. The molecule has 0 unspecified atom stereocenters. The third-order valence-electron chi connectivity index (χ3n) is 3.54. The summed E-state index contributed by atoms with van der Waals surface area (Å²) in [4.78, 5) is 6.58. The van der Waals surface area contributed by atoms with Crippen LogP contribution < -0.4 is 0 Å². The van der Waals surface area contributed by atoms with Gasteiger partial charge in [-0.25, -0.2) is 0 Å². The highest BCUT2D eigenvalue weighted by atomic mass is 15.1. The Kier molecular flexibility index (Phi) is 4.01. The van der Waals surface area contributed by atoms with Gasteiger partial charge < -0.3 is 0 Å². The SMILES string of the molecule is CN(Cc1ccccc1-c1cccnc1)C(C)(C)C. The molecule has 0 saturated heterocycles. The summed E-state index contributed by atoms with van der Waals surface area (Å²) >= 11 is 0.